The smallest absolute Gasteiger partial charge is 0.121 e. The van der Waals surface area contributed by atoms with Crippen molar-refractivity contribution in [1.29, 1.82) is 0 Å². The summed E-state index contributed by atoms with van der Waals surface area (Å²) in [5.74, 6) is 1.89. The molecule has 0 atom stereocenters. The third kappa shape index (κ3) is 2.13. The molecular formula is C13H19N3O. The minimum absolute atomic E-state index is 0.384. The number of hydrogen-bond acceptors (Lipinski definition) is 3. The van der Waals surface area contributed by atoms with E-state index in [0.717, 1.165) is 29.0 Å². The van der Waals surface area contributed by atoms with Crippen molar-refractivity contribution in [2.24, 2.45) is 5.73 Å². The highest BCUT2D eigenvalue weighted by Gasteiger charge is 2.12. The minimum Gasteiger partial charge on any atom is -0.497 e. The molecule has 17 heavy (non-hydrogen) atoms. The molecule has 0 aliphatic rings. The molecule has 0 saturated carbocycles. The number of methoxy groups -OCH3 is 1. The first-order valence-corrected chi connectivity index (χ1v) is 5.92. The predicted octanol–water partition coefficient (Wildman–Crippen LogP) is 2.13. The molecule has 1 aromatic carbocycles. The molecule has 1 heterocycles. The topological polar surface area (TPSA) is 53.1 Å². The fourth-order valence-corrected chi connectivity index (χ4v) is 2.14. The highest BCUT2D eigenvalue weighted by atomic mass is 16.5. The number of hydrogen-bond donors (Lipinski definition) is 1. The van der Waals surface area contributed by atoms with Gasteiger partial charge in [0.25, 0.3) is 0 Å². The maximum absolute atomic E-state index is 5.63. The number of nitrogens with two attached hydrogens (primary N) is 1. The molecule has 4 heteroatoms. The normalized spacial score (nSPS) is 11.4. The van der Waals surface area contributed by atoms with Crippen molar-refractivity contribution in [2.45, 2.75) is 26.3 Å². The van der Waals surface area contributed by atoms with E-state index in [4.69, 9.17) is 10.5 Å². The first-order valence-electron chi connectivity index (χ1n) is 5.92. The van der Waals surface area contributed by atoms with Crippen LogP contribution < -0.4 is 10.5 Å². The van der Waals surface area contributed by atoms with Gasteiger partial charge in [0.05, 0.1) is 18.1 Å². The van der Waals surface area contributed by atoms with Crippen LogP contribution in [0.2, 0.25) is 0 Å². The van der Waals surface area contributed by atoms with Crippen LogP contribution in [0.4, 0.5) is 0 Å². The monoisotopic (exact) mass is 233 g/mol. The van der Waals surface area contributed by atoms with Gasteiger partial charge in [0, 0.05) is 18.5 Å². The highest BCUT2D eigenvalue weighted by Crippen LogP contribution is 2.24. The summed E-state index contributed by atoms with van der Waals surface area (Å²) >= 11 is 0. The zero-order chi connectivity index (χ0) is 12.4. The molecule has 0 spiro atoms. The van der Waals surface area contributed by atoms with Gasteiger partial charge in [-0.1, -0.05) is 0 Å². The zero-order valence-electron chi connectivity index (χ0n) is 10.6. The molecule has 2 aromatic rings. The van der Waals surface area contributed by atoms with Crippen molar-refractivity contribution in [3.8, 4) is 5.75 Å². The summed E-state index contributed by atoms with van der Waals surface area (Å²) < 4.78 is 7.46. The number of aromatic nitrogens is 2. The van der Waals surface area contributed by atoms with Crippen LogP contribution in [0.3, 0.4) is 0 Å². The molecule has 92 valence electrons. The van der Waals surface area contributed by atoms with Crippen molar-refractivity contribution in [3.63, 3.8) is 0 Å². The molecule has 2 N–H and O–H groups in total. The summed E-state index contributed by atoms with van der Waals surface area (Å²) in [7, 11) is 1.67. The Bertz CT molecular complexity index is 517. The van der Waals surface area contributed by atoms with Crippen LogP contribution in [-0.4, -0.2) is 23.2 Å². The third-order valence-electron chi connectivity index (χ3n) is 2.85. The summed E-state index contributed by atoms with van der Waals surface area (Å²) in [4.78, 5) is 4.64. The highest BCUT2D eigenvalue weighted by molar-refractivity contribution is 5.78. The van der Waals surface area contributed by atoms with Gasteiger partial charge >= 0.3 is 0 Å². The summed E-state index contributed by atoms with van der Waals surface area (Å²) in [5, 5.41) is 0. The number of ether oxygens (including phenoxy) is 1. The number of benzene rings is 1. The molecule has 0 unspecified atom stereocenters. The van der Waals surface area contributed by atoms with Crippen molar-refractivity contribution in [1.82, 2.24) is 9.55 Å². The minimum atomic E-state index is 0.384. The van der Waals surface area contributed by atoms with E-state index in [-0.39, 0.29) is 0 Å². The first kappa shape index (κ1) is 11.9. The summed E-state index contributed by atoms with van der Waals surface area (Å²) in [6.07, 6.45) is 0.801. The van der Waals surface area contributed by atoms with Crippen LogP contribution in [0.15, 0.2) is 18.2 Å². The molecule has 1 aromatic heterocycles. The molecular weight excluding hydrogens is 214 g/mol. The van der Waals surface area contributed by atoms with Crippen LogP contribution in [0.5, 0.6) is 5.75 Å². The molecule has 0 fully saturated rings. The average molecular weight is 233 g/mol. The van der Waals surface area contributed by atoms with Gasteiger partial charge in [-0.3, -0.25) is 0 Å². The van der Waals surface area contributed by atoms with E-state index in [1.54, 1.807) is 7.11 Å². The standard InChI is InChI=1S/C13H19N3O/c1-9(2)16-12-5-4-10(17-3)8-11(12)15-13(16)6-7-14/h4-5,8-9H,6-7,14H2,1-3H3. The Morgan fingerprint density at radius 1 is 1.41 bits per heavy atom. The van der Waals surface area contributed by atoms with E-state index < -0.39 is 0 Å². The lowest BCUT2D eigenvalue weighted by atomic mass is 10.2. The van der Waals surface area contributed by atoms with Gasteiger partial charge in [-0.05, 0) is 32.5 Å². The Morgan fingerprint density at radius 2 is 2.18 bits per heavy atom. The summed E-state index contributed by atoms with van der Waals surface area (Å²) in [6, 6.07) is 6.37. The Morgan fingerprint density at radius 3 is 2.76 bits per heavy atom. The quantitative estimate of drug-likeness (QED) is 0.880. The largest absolute Gasteiger partial charge is 0.497 e. The van der Waals surface area contributed by atoms with Crippen LogP contribution in [-0.2, 0) is 6.42 Å². The van der Waals surface area contributed by atoms with E-state index in [9.17, 15) is 0 Å². The van der Waals surface area contributed by atoms with E-state index in [0.29, 0.717) is 12.6 Å². The van der Waals surface area contributed by atoms with E-state index in [2.05, 4.69) is 29.5 Å². The maximum atomic E-state index is 5.63. The van der Waals surface area contributed by atoms with Crippen molar-refractivity contribution in [2.75, 3.05) is 13.7 Å². The molecule has 0 saturated heterocycles. The third-order valence-corrected chi connectivity index (χ3v) is 2.85. The number of imidazole rings is 1. The van der Waals surface area contributed by atoms with E-state index >= 15 is 0 Å². The zero-order valence-corrected chi connectivity index (χ0v) is 10.6. The number of nitrogens with zero attached hydrogens (tertiary/aromatic N) is 2. The molecule has 0 aliphatic carbocycles. The van der Waals surface area contributed by atoms with Gasteiger partial charge in [-0.25, -0.2) is 4.98 Å². The van der Waals surface area contributed by atoms with Crippen molar-refractivity contribution >= 4 is 11.0 Å². The second-order valence-electron chi connectivity index (χ2n) is 4.39. The van der Waals surface area contributed by atoms with Gasteiger partial charge < -0.3 is 15.0 Å². The average Bonchev–Trinajstić information content (AvgIpc) is 2.66. The Balaban J connectivity index is 2.61. The Labute approximate surface area is 101 Å². The van der Waals surface area contributed by atoms with Crippen LogP contribution in [0.1, 0.15) is 25.7 Å². The lowest BCUT2D eigenvalue weighted by Gasteiger charge is -2.12. The van der Waals surface area contributed by atoms with Crippen LogP contribution >= 0.6 is 0 Å². The van der Waals surface area contributed by atoms with Crippen LogP contribution in [0, 0.1) is 0 Å². The van der Waals surface area contributed by atoms with Gasteiger partial charge in [-0.2, -0.15) is 0 Å². The van der Waals surface area contributed by atoms with E-state index in [1.165, 1.54) is 0 Å². The van der Waals surface area contributed by atoms with Gasteiger partial charge in [0.15, 0.2) is 0 Å². The first-order chi connectivity index (χ1) is 8.17. The van der Waals surface area contributed by atoms with Gasteiger partial charge in [-0.15, -0.1) is 0 Å². The van der Waals surface area contributed by atoms with E-state index in [1.807, 2.05) is 12.1 Å². The Kier molecular flexibility index (Phi) is 3.33. The molecule has 2 rings (SSSR count). The maximum Gasteiger partial charge on any atom is 0.121 e. The molecule has 0 aliphatic heterocycles. The molecule has 0 amide bonds. The van der Waals surface area contributed by atoms with Crippen molar-refractivity contribution < 1.29 is 4.74 Å². The lowest BCUT2D eigenvalue weighted by molar-refractivity contribution is 0.415. The molecule has 0 radical (unpaired) electrons. The Hall–Kier alpha value is -1.55. The molecule has 0 bridgehead atoms. The summed E-state index contributed by atoms with van der Waals surface area (Å²) in [5.41, 5.74) is 7.75. The fraction of sp³-hybridized carbons (Fsp3) is 0.462. The SMILES string of the molecule is COc1ccc2c(c1)nc(CCN)n2C(C)C. The van der Waals surface area contributed by atoms with Crippen molar-refractivity contribution in [3.05, 3.63) is 24.0 Å². The van der Waals surface area contributed by atoms with Gasteiger partial charge in [0.1, 0.15) is 11.6 Å². The van der Waals surface area contributed by atoms with Gasteiger partial charge in [0.2, 0.25) is 0 Å². The predicted molar refractivity (Wildman–Crippen MR) is 69.4 cm³/mol. The lowest BCUT2D eigenvalue weighted by Crippen LogP contribution is -2.11. The second kappa shape index (κ2) is 4.75. The summed E-state index contributed by atoms with van der Waals surface area (Å²) in [6.45, 7) is 4.93. The second-order valence-corrected chi connectivity index (χ2v) is 4.39. The van der Waals surface area contributed by atoms with Crippen LogP contribution in [0.25, 0.3) is 11.0 Å². The molecule has 4 nitrogen and oxygen atoms in total. The number of rotatable bonds is 4. The number of fused-ring (bicyclic) bond motifs is 1. The fourth-order valence-electron chi connectivity index (χ4n) is 2.14.